The van der Waals surface area contributed by atoms with Gasteiger partial charge >= 0.3 is 0 Å². The van der Waals surface area contributed by atoms with Crippen molar-refractivity contribution in [1.29, 1.82) is 0 Å². The Hall–Kier alpha value is -2.80. The first-order valence-corrected chi connectivity index (χ1v) is 7.28. The summed E-state index contributed by atoms with van der Waals surface area (Å²) < 4.78 is 1.10. The van der Waals surface area contributed by atoms with Crippen molar-refractivity contribution in [2.24, 2.45) is 5.16 Å². The summed E-state index contributed by atoms with van der Waals surface area (Å²) in [5, 5.41) is 15.3. The molecule has 3 rings (SSSR count). The molecule has 1 aromatic heterocycles. The Morgan fingerprint density at radius 3 is 2.95 bits per heavy atom. The average Bonchev–Trinajstić information content (AvgIpc) is 2.94. The Bertz CT molecular complexity index is 812. The first kappa shape index (κ1) is 14.2. The van der Waals surface area contributed by atoms with Crippen molar-refractivity contribution in [3.05, 3.63) is 69.2 Å². The summed E-state index contributed by atoms with van der Waals surface area (Å²) in [6.07, 6.45) is 1.44. The molecule has 0 radical (unpaired) electrons. The van der Waals surface area contributed by atoms with Crippen LogP contribution in [-0.4, -0.2) is 16.1 Å². The number of nitrogens with zero attached hydrogens (tertiary/aromatic N) is 3. The fraction of sp³-hybridized carbons (Fsp3) is 0.0667. The number of rotatable bonds is 5. The number of fused-ring (bicyclic) bond motifs is 1. The second-order valence-corrected chi connectivity index (χ2v) is 5.55. The zero-order valence-corrected chi connectivity index (χ0v) is 12.2. The molecule has 0 aliphatic heterocycles. The lowest BCUT2D eigenvalue weighted by atomic mass is 10.2. The highest BCUT2D eigenvalue weighted by Crippen LogP contribution is 2.22. The van der Waals surface area contributed by atoms with Crippen molar-refractivity contribution >= 4 is 33.5 Å². The topological polar surface area (TPSA) is 77.6 Å². The molecule has 0 saturated heterocycles. The number of benzene rings is 2. The smallest absolute Gasteiger partial charge is 0.270 e. The van der Waals surface area contributed by atoms with Crippen molar-refractivity contribution < 1.29 is 9.76 Å². The molecule has 0 atom stereocenters. The average molecular weight is 313 g/mol. The van der Waals surface area contributed by atoms with Gasteiger partial charge < -0.3 is 4.84 Å². The molecule has 6 nitrogen and oxygen atoms in total. The highest BCUT2D eigenvalue weighted by atomic mass is 32.1. The molecule has 0 unspecified atom stereocenters. The first-order valence-electron chi connectivity index (χ1n) is 6.46. The van der Waals surface area contributed by atoms with E-state index in [9.17, 15) is 10.1 Å². The Morgan fingerprint density at radius 2 is 2.14 bits per heavy atom. The first-order chi connectivity index (χ1) is 10.7. The SMILES string of the molecule is O=[N+]([O-])c1cccc(/C=N\OCc2nc3ccccc3s2)c1. The van der Waals surface area contributed by atoms with Gasteiger partial charge in [-0.3, -0.25) is 10.1 Å². The van der Waals surface area contributed by atoms with Crippen molar-refractivity contribution in [2.45, 2.75) is 6.61 Å². The van der Waals surface area contributed by atoms with Crippen LogP contribution in [0, 0.1) is 10.1 Å². The van der Waals surface area contributed by atoms with Crippen LogP contribution in [-0.2, 0) is 11.4 Å². The maximum absolute atomic E-state index is 10.7. The van der Waals surface area contributed by atoms with Gasteiger partial charge in [-0.25, -0.2) is 4.98 Å². The van der Waals surface area contributed by atoms with Crippen molar-refractivity contribution in [3.8, 4) is 0 Å². The number of nitro benzene ring substituents is 1. The van der Waals surface area contributed by atoms with Crippen LogP contribution in [0.2, 0.25) is 0 Å². The summed E-state index contributed by atoms with van der Waals surface area (Å²) in [4.78, 5) is 19.9. The van der Waals surface area contributed by atoms with Gasteiger partial charge in [-0.15, -0.1) is 11.3 Å². The number of thiazole rings is 1. The molecule has 0 amide bonds. The standard InChI is InChI=1S/C15H11N3O3S/c19-18(20)12-5-3-4-11(8-12)9-16-21-10-15-17-13-6-1-2-7-14(13)22-15/h1-9H,10H2/b16-9-. The zero-order chi connectivity index (χ0) is 15.4. The molecule has 0 N–H and O–H groups in total. The lowest BCUT2D eigenvalue weighted by molar-refractivity contribution is -0.384. The number of hydrogen-bond acceptors (Lipinski definition) is 6. The minimum atomic E-state index is -0.445. The third-order valence-corrected chi connectivity index (χ3v) is 3.89. The van der Waals surface area contributed by atoms with Gasteiger partial charge in [0.25, 0.3) is 5.69 Å². The number of non-ortho nitro benzene ring substituents is 1. The van der Waals surface area contributed by atoms with Crippen LogP contribution in [0.15, 0.2) is 53.7 Å². The van der Waals surface area contributed by atoms with Gasteiger partial charge in [-0.1, -0.05) is 29.4 Å². The van der Waals surface area contributed by atoms with E-state index in [1.165, 1.54) is 18.3 Å². The van der Waals surface area contributed by atoms with Gasteiger partial charge in [-0.05, 0) is 12.1 Å². The van der Waals surface area contributed by atoms with Crippen molar-refractivity contribution in [1.82, 2.24) is 4.98 Å². The summed E-state index contributed by atoms with van der Waals surface area (Å²) in [5.74, 6) is 0. The molecule has 3 aromatic rings. The summed E-state index contributed by atoms with van der Waals surface area (Å²) in [7, 11) is 0. The van der Waals surface area contributed by atoms with Crippen LogP contribution in [0.25, 0.3) is 10.2 Å². The quantitative estimate of drug-likeness (QED) is 0.408. The minimum absolute atomic E-state index is 0.0233. The molecule has 0 aliphatic carbocycles. The fourth-order valence-electron chi connectivity index (χ4n) is 1.89. The van der Waals surface area contributed by atoms with Crippen LogP contribution in [0.4, 0.5) is 5.69 Å². The van der Waals surface area contributed by atoms with Gasteiger partial charge in [-0.2, -0.15) is 0 Å². The maximum Gasteiger partial charge on any atom is 0.270 e. The summed E-state index contributed by atoms with van der Waals surface area (Å²) in [6, 6.07) is 14.0. The number of oxime groups is 1. The van der Waals surface area contributed by atoms with E-state index in [4.69, 9.17) is 4.84 Å². The van der Waals surface area contributed by atoms with E-state index in [1.807, 2.05) is 24.3 Å². The molecular weight excluding hydrogens is 302 g/mol. The maximum atomic E-state index is 10.7. The molecule has 1 heterocycles. The molecule has 0 spiro atoms. The van der Waals surface area contributed by atoms with Crippen molar-refractivity contribution in [3.63, 3.8) is 0 Å². The normalized spacial score (nSPS) is 11.1. The van der Waals surface area contributed by atoms with Crippen LogP contribution in [0.3, 0.4) is 0 Å². The monoisotopic (exact) mass is 313 g/mol. The van der Waals surface area contributed by atoms with Gasteiger partial charge in [0, 0.05) is 17.7 Å². The summed E-state index contributed by atoms with van der Waals surface area (Å²) in [6.45, 7) is 0.269. The van der Waals surface area contributed by atoms with Gasteiger partial charge in [0.15, 0.2) is 6.61 Å². The summed E-state index contributed by atoms with van der Waals surface area (Å²) in [5.41, 5.74) is 1.57. The lowest BCUT2D eigenvalue weighted by Gasteiger charge is -1.95. The predicted octanol–water partition coefficient (Wildman–Crippen LogP) is 3.76. The molecule has 0 fully saturated rings. The third-order valence-electron chi connectivity index (χ3n) is 2.88. The van der Waals surface area contributed by atoms with E-state index in [0.29, 0.717) is 5.56 Å². The Kier molecular flexibility index (Phi) is 4.06. The highest BCUT2D eigenvalue weighted by molar-refractivity contribution is 7.18. The van der Waals surface area contributed by atoms with Crippen LogP contribution < -0.4 is 0 Å². The van der Waals surface area contributed by atoms with E-state index in [-0.39, 0.29) is 12.3 Å². The van der Waals surface area contributed by atoms with Crippen LogP contribution in [0.1, 0.15) is 10.6 Å². The number of para-hydroxylation sites is 1. The van der Waals surface area contributed by atoms with Crippen LogP contribution in [0.5, 0.6) is 0 Å². The highest BCUT2D eigenvalue weighted by Gasteiger charge is 2.05. The van der Waals surface area contributed by atoms with Gasteiger partial charge in [0.1, 0.15) is 5.01 Å². The Labute approximate surface area is 129 Å². The zero-order valence-electron chi connectivity index (χ0n) is 11.4. The van der Waals surface area contributed by atoms with E-state index >= 15 is 0 Å². The second kappa shape index (κ2) is 6.31. The van der Waals surface area contributed by atoms with Crippen LogP contribution >= 0.6 is 11.3 Å². The molecule has 7 heteroatoms. The fourth-order valence-corrected chi connectivity index (χ4v) is 2.77. The molecule has 110 valence electrons. The molecule has 22 heavy (non-hydrogen) atoms. The van der Waals surface area contributed by atoms with Crippen molar-refractivity contribution in [2.75, 3.05) is 0 Å². The van der Waals surface area contributed by atoms with Gasteiger partial charge in [0.2, 0.25) is 0 Å². The Balaban J connectivity index is 1.62. The molecule has 2 aromatic carbocycles. The predicted molar refractivity (Wildman–Crippen MR) is 85.1 cm³/mol. The lowest BCUT2D eigenvalue weighted by Crippen LogP contribution is -1.90. The molecular formula is C15H11N3O3S. The van der Waals surface area contributed by atoms with E-state index < -0.39 is 4.92 Å². The molecule has 0 aliphatic rings. The number of aromatic nitrogens is 1. The number of hydrogen-bond donors (Lipinski definition) is 0. The van der Waals surface area contributed by atoms with E-state index in [2.05, 4.69) is 10.1 Å². The number of nitro groups is 1. The summed E-state index contributed by atoms with van der Waals surface area (Å²) >= 11 is 1.55. The largest absolute Gasteiger partial charge is 0.388 e. The molecule has 0 bridgehead atoms. The third kappa shape index (κ3) is 3.26. The molecule has 0 saturated carbocycles. The van der Waals surface area contributed by atoms with E-state index in [0.717, 1.165) is 15.2 Å². The second-order valence-electron chi connectivity index (χ2n) is 4.44. The van der Waals surface area contributed by atoms with Gasteiger partial charge in [0.05, 0.1) is 21.4 Å². The Morgan fingerprint density at radius 1 is 1.27 bits per heavy atom. The minimum Gasteiger partial charge on any atom is -0.388 e. The van der Waals surface area contributed by atoms with E-state index in [1.54, 1.807) is 23.5 Å².